The molecule has 0 unspecified atom stereocenters. The minimum atomic E-state index is 0.275. The second-order valence-electron chi connectivity index (χ2n) is 7.89. The number of benzene rings is 4. The van der Waals surface area contributed by atoms with Crippen LogP contribution in [0.2, 0.25) is 40.2 Å². The van der Waals surface area contributed by atoms with Crippen LogP contribution in [0.3, 0.4) is 0 Å². The van der Waals surface area contributed by atoms with Gasteiger partial charge < -0.3 is 4.57 Å². The molecule has 5 rings (SSSR count). The van der Waals surface area contributed by atoms with Gasteiger partial charge in [-0.1, -0.05) is 111 Å². The van der Waals surface area contributed by atoms with E-state index >= 15 is 0 Å². The van der Waals surface area contributed by atoms with Gasteiger partial charge in [-0.25, -0.2) is 0 Å². The van der Waals surface area contributed by atoms with Crippen molar-refractivity contribution in [2.75, 3.05) is 0 Å². The Balaban J connectivity index is 1.79. The summed E-state index contributed by atoms with van der Waals surface area (Å²) in [6.45, 7) is 0. The number of hydrogen-bond acceptors (Lipinski definition) is 0. The fraction of sp³-hybridized carbons (Fsp3) is 0. The zero-order valence-electron chi connectivity index (χ0n) is 17.9. The Morgan fingerprint density at radius 1 is 0.500 bits per heavy atom. The summed E-state index contributed by atoms with van der Waals surface area (Å²) in [5.41, 5.74) is 3.09. The summed E-state index contributed by atoms with van der Waals surface area (Å²) in [5, 5.41) is 3.61. The lowest BCUT2D eigenvalue weighted by Crippen LogP contribution is -2.10. The highest BCUT2D eigenvalue weighted by Gasteiger charge is 2.32. The van der Waals surface area contributed by atoms with Crippen molar-refractivity contribution in [3.63, 3.8) is 0 Å². The van der Waals surface area contributed by atoms with Crippen molar-refractivity contribution in [2.24, 2.45) is 0 Å². The predicted molar refractivity (Wildman–Crippen MR) is 157 cm³/mol. The molecule has 0 saturated carbocycles. The zero-order chi connectivity index (χ0) is 25.7. The molecular formula is C27H12Cl8N. The second kappa shape index (κ2) is 10.5. The molecule has 1 aromatic heterocycles. The van der Waals surface area contributed by atoms with Crippen molar-refractivity contribution < 1.29 is 0 Å². The molecule has 0 spiro atoms. The monoisotopic (exact) mass is 630 g/mol. The van der Waals surface area contributed by atoms with Gasteiger partial charge in [0, 0.05) is 68.8 Å². The number of halogens is 8. The van der Waals surface area contributed by atoms with Crippen LogP contribution in [0, 0.1) is 5.92 Å². The van der Waals surface area contributed by atoms with E-state index < -0.39 is 0 Å². The van der Waals surface area contributed by atoms with Gasteiger partial charge in [-0.15, -0.1) is 0 Å². The smallest absolute Gasteiger partial charge is 0.0720 e. The van der Waals surface area contributed by atoms with Gasteiger partial charge in [0.05, 0.1) is 11.4 Å². The molecule has 9 heteroatoms. The molecule has 0 aliphatic heterocycles. The quantitative estimate of drug-likeness (QED) is 0.174. The molecule has 1 heterocycles. The molecule has 0 saturated heterocycles. The lowest BCUT2D eigenvalue weighted by atomic mass is 9.84. The average molecular weight is 634 g/mol. The van der Waals surface area contributed by atoms with Crippen LogP contribution < -0.4 is 0 Å². The summed E-state index contributed by atoms with van der Waals surface area (Å²) >= 11 is 52.9. The predicted octanol–water partition coefficient (Wildman–Crippen LogP) is 11.9. The maximum Gasteiger partial charge on any atom is 0.0720 e. The van der Waals surface area contributed by atoms with Gasteiger partial charge in [0.1, 0.15) is 0 Å². The number of para-hydroxylation sites is 1. The minimum absolute atomic E-state index is 0.275. The number of rotatable bonds is 4. The third-order valence-electron chi connectivity index (χ3n) is 5.67. The Morgan fingerprint density at radius 2 is 0.917 bits per heavy atom. The summed E-state index contributed by atoms with van der Waals surface area (Å²) in [4.78, 5) is 0. The van der Waals surface area contributed by atoms with Crippen molar-refractivity contribution in [2.45, 2.75) is 0 Å². The number of aromatic nitrogens is 1. The fourth-order valence-corrected chi connectivity index (χ4v) is 6.86. The van der Waals surface area contributed by atoms with Crippen molar-refractivity contribution in [3.05, 3.63) is 136 Å². The lowest BCUT2D eigenvalue weighted by Gasteiger charge is -2.25. The SMILES string of the molecule is Clc1cc(Cl)c([C](c2c(Cl)cc(Cl)cc2Cl)c2c(Cl)cc(-n3ccc4ccccc43)cc2Cl)c(Cl)c1. The maximum atomic E-state index is 6.93. The number of hydrogen-bond donors (Lipinski definition) is 0. The molecule has 1 nitrogen and oxygen atoms in total. The molecule has 0 amide bonds. The van der Waals surface area contributed by atoms with Crippen molar-refractivity contribution in [1.29, 1.82) is 0 Å². The molecular weight excluding hydrogens is 622 g/mol. The van der Waals surface area contributed by atoms with E-state index in [9.17, 15) is 0 Å². The molecule has 0 atom stereocenters. The van der Waals surface area contributed by atoms with Crippen molar-refractivity contribution in [3.8, 4) is 5.69 Å². The van der Waals surface area contributed by atoms with Gasteiger partial charge in [-0.05, 0) is 53.9 Å². The third kappa shape index (κ3) is 4.82. The van der Waals surface area contributed by atoms with Crippen LogP contribution in [0.4, 0.5) is 0 Å². The standard InChI is InChI=1S/C27H12Cl8N/c28-14-7-17(30)24(18(31)8-14)27(25-19(32)9-15(29)10-20(25)33)26-21(34)11-16(12-22(26)35)36-6-5-13-3-1-2-4-23(13)36/h1-12H. The Kier molecular flexibility index (Phi) is 7.67. The van der Waals surface area contributed by atoms with Crippen LogP contribution >= 0.6 is 92.8 Å². The van der Waals surface area contributed by atoms with Gasteiger partial charge in [0.2, 0.25) is 0 Å². The normalized spacial score (nSPS) is 11.6. The Hall–Kier alpha value is -1.26. The van der Waals surface area contributed by atoms with E-state index in [0.717, 1.165) is 16.6 Å². The van der Waals surface area contributed by atoms with Crippen LogP contribution in [-0.2, 0) is 0 Å². The largest absolute Gasteiger partial charge is 0.316 e. The summed E-state index contributed by atoms with van der Waals surface area (Å²) in [7, 11) is 0. The maximum absolute atomic E-state index is 6.93. The highest BCUT2D eigenvalue weighted by molar-refractivity contribution is 6.43. The first-order valence-electron chi connectivity index (χ1n) is 10.4. The van der Waals surface area contributed by atoms with Gasteiger partial charge in [0.15, 0.2) is 0 Å². The molecule has 0 bridgehead atoms. The molecule has 5 aromatic rings. The van der Waals surface area contributed by atoms with E-state index in [0.29, 0.717) is 42.7 Å². The van der Waals surface area contributed by atoms with E-state index in [1.807, 2.05) is 53.2 Å². The molecule has 181 valence electrons. The van der Waals surface area contributed by atoms with Crippen LogP contribution in [0.1, 0.15) is 16.7 Å². The van der Waals surface area contributed by atoms with Crippen LogP contribution in [0.15, 0.2) is 72.9 Å². The number of fused-ring (bicyclic) bond motifs is 1. The number of nitrogens with zero attached hydrogens (tertiary/aromatic N) is 1. The van der Waals surface area contributed by atoms with Crippen LogP contribution in [0.5, 0.6) is 0 Å². The first-order chi connectivity index (χ1) is 17.2. The van der Waals surface area contributed by atoms with E-state index in [-0.39, 0.29) is 20.1 Å². The highest BCUT2D eigenvalue weighted by Crippen LogP contribution is 2.49. The second-order valence-corrected chi connectivity index (χ2v) is 11.2. The topological polar surface area (TPSA) is 4.93 Å². The third-order valence-corrected chi connectivity index (χ3v) is 7.89. The molecule has 0 fully saturated rings. The van der Waals surface area contributed by atoms with Crippen molar-refractivity contribution in [1.82, 2.24) is 4.57 Å². The molecule has 0 aliphatic rings. The minimum Gasteiger partial charge on any atom is -0.316 e. The fourth-order valence-electron chi connectivity index (χ4n) is 4.18. The summed E-state index contributed by atoms with van der Waals surface area (Å²) < 4.78 is 2.00. The van der Waals surface area contributed by atoms with Gasteiger partial charge in [-0.2, -0.15) is 0 Å². The first kappa shape index (κ1) is 26.4. The molecule has 36 heavy (non-hydrogen) atoms. The van der Waals surface area contributed by atoms with Crippen molar-refractivity contribution >= 4 is 104 Å². The zero-order valence-corrected chi connectivity index (χ0v) is 23.9. The van der Waals surface area contributed by atoms with Crippen LogP contribution in [-0.4, -0.2) is 4.57 Å². The Bertz CT molecular complexity index is 1510. The lowest BCUT2D eigenvalue weighted by molar-refractivity contribution is 1.12. The molecule has 1 radical (unpaired) electrons. The van der Waals surface area contributed by atoms with Gasteiger partial charge in [-0.3, -0.25) is 0 Å². The average Bonchev–Trinajstić information content (AvgIpc) is 3.21. The Morgan fingerprint density at radius 3 is 1.39 bits per heavy atom. The van der Waals surface area contributed by atoms with Gasteiger partial charge >= 0.3 is 0 Å². The van der Waals surface area contributed by atoms with E-state index in [1.165, 1.54) is 0 Å². The molecule has 0 N–H and O–H groups in total. The highest BCUT2D eigenvalue weighted by atomic mass is 35.5. The molecule has 0 aliphatic carbocycles. The summed E-state index contributed by atoms with van der Waals surface area (Å²) in [5.74, 6) is 0.451. The van der Waals surface area contributed by atoms with Crippen LogP contribution in [0.25, 0.3) is 16.6 Å². The van der Waals surface area contributed by atoms with E-state index in [1.54, 1.807) is 24.3 Å². The van der Waals surface area contributed by atoms with E-state index in [4.69, 9.17) is 92.8 Å². The summed E-state index contributed by atoms with van der Waals surface area (Å²) in [6.07, 6.45) is 1.96. The first-order valence-corrected chi connectivity index (χ1v) is 13.4. The van der Waals surface area contributed by atoms with Gasteiger partial charge in [0.25, 0.3) is 0 Å². The van der Waals surface area contributed by atoms with E-state index in [2.05, 4.69) is 0 Å². The molecule has 4 aromatic carbocycles. The summed E-state index contributed by atoms with van der Waals surface area (Å²) in [6, 6.07) is 19.9. The Labute approximate surface area is 247 Å².